The van der Waals surface area contributed by atoms with Crippen LogP contribution in [-0.4, -0.2) is 75.6 Å². The first kappa shape index (κ1) is 27.2. The number of benzene rings is 1. The number of esters is 1. The largest absolute Gasteiger partial charge is 0.490 e. The molecule has 2 aliphatic heterocycles. The summed E-state index contributed by atoms with van der Waals surface area (Å²) in [6.07, 6.45) is -0.814. The van der Waals surface area contributed by atoms with Crippen LogP contribution >= 0.6 is 0 Å². The topological polar surface area (TPSA) is 186 Å². The summed E-state index contributed by atoms with van der Waals surface area (Å²) in [4.78, 5) is 38.2. The summed E-state index contributed by atoms with van der Waals surface area (Å²) in [5.74, 6) is -2.99. The number of methoxy groups -OCH3 is 2. The second-order valence-electron chi connectivity index (χ2n) is 7.71. The normalized spacial score (nSPS) is 17.6. The number of nitro groups is 1. The minimum absolute atomic E-state index is 0.0284. The lowest BCUT2D eigenvalue weighted by Crippen LogP contribution is -2.42. The fraction of sp³-hybridized carbons (Fsp3) is 0.435. The predicted octanol–water partition coefficient (Wildman–Crippen LogP) is 1.71. The second kappa shape index (κ2) is 12.1. The molecule has 37 heavy (non-hydrogen) atoms. The number of nitrogens with zero attached hydrogens (tertiary/aromatic N) is 3. The molecule has 0 radical (unpaired) electrons. The molecule has 0 bridgehead atoms. The number of ether oxygens (including phenoxy) is 6. The number of nitriles is 1. The fourth-order valence-corrected chi connectivity index (χ4v) is 3.90. The summed E-state index contributed by atoms with van der Waals surface area (Å²) in [5.41, 5.74) is 5.10. The van der Waals surface area contributed by atoms with Crippen LogP contribution < -0.4 is 15.2 Å². The SMILES string of the molecule is CCOc1cc([C@@H]2C(C#N)=C(N)OC(COC)=C2C(=O)OC)cc([N+](=O)[O-])c1OC(=O)N1CCOCC1. The molecule has 3 rings (SSSR count). The lowest BCUT2D eigenvalue weighted by atomic mass is 9.82. The van der Waals surface area contributed by atoms with Gasteiger partial charge in [-0.15, -0.1) is 0 Å². The maximum atomic E-state index is 12.8. The number of allylic oxidation sites excluding steroid dienone is 1. The molecule has 2 heterocycles. The Morgan fingerprint density at radius 1 is 1.30 bits per heavy atom. The number of hydrogen-bond acceptors (Lipinski definition) is 12. The van der Waals surface area contributed by atoms with Gasteiger partial charge in [0.15, 0.2) is 5.75 Å². The first-order chi connectivity index (χ1) is 17.8. The van der Waals surface area contributed by atoms with E-state index in [9.17, 15) is 25.0 Å². The Morgan fingerprint density at radius 2 is 2.00 bits per heavy atom. The van der Waals surface area contributed by atoms with E-state index in [2.05, 4.69) is 0 Å². The van der Waals surface area contributed by atoms with E-state index in [-0.39, 0.29) is 60.4 Å². The summed E-state index contributed by atoms with van der Waals surface area (Å²) in [5, 5.41) is 21.9. The molecule has 2 N–H and O–H groups in total. The highest BCUT2D eigenvalue weighted by Crippen LogP contribution is 2.46. The van der Waals surface area contributed by atoms with Gasteiger partial charge in [0.25, 0.3) is 5.75 Å². The molecule has 0 saturated carbocycles. The van der Waals surface area contributed by atoms with Crippen LogP contribution in [0.4, 0.5) is 10.5 Å². The quantitative estimate of drug-likeness (QED) is 0.299. The molecule has 1 amide bonds. The number of hydrogen-bond donors (Lipinski definition) is 1. The van der Waals surface area contributed by atoms with Gasteiger partial charge in [0.1, 0.15) is 24.0 Å². The highest BCUT2D eigenvalue weighted by atomic mass is 16.6. The summed E-state index contributed by atoms with van der Waals surface area (Å²) in [7, 11) is 2.49. The molecule has 0 aliphatic carbocycles. The Labute approximate surface area is 211 Å². The number of morpholine rings is 1. The minimum atomic E-state index is -1.22. The van der Waals surface area contributed by atoms with E-state index in [1.165, 1.54) is 18.1 Å². The highest BCUT2D eigenvalue weighted by Gasteiger charge is 2.40. The van der Waals surface area contributed by atoms with Crippen LogP contribution in [0.2, 0.25) is 0 Å². The van der Waals surface area contributed by atoms with Gasteiger partial charge in [-0.05, 0) is 18.6 Å². The predicted molar refractivity (Wildman–Crippen MR) is 124 cm³/mol. The molecular weight excluding hydrogens is 492 g/mol. The Kier molecular flexibility index (Phi) is 8.88. The van der Waals surface area contributed by atoms with Crippen molar-refractivity contribution in [3.63, 3.8) is 0 Å². The maximum absolute atomic E-state index is 12.8. The van der Waals surface area contributed by atoms with Crippen molar-refractivity contribution in [1.29, 1.82) is 5.26 Å². The van der Waals surface area contributed by atoms with Crippen LogP contribution in [0.1, 0.15) is 18.4 Å². The zero-order valence-electron chi connectivity index (χ0n) is 20.5. The van der Waals surface area contributed by atoms with Crippen molar-refractivity contribution in [1.82, 2.24) is 4.90 Å². The molecule has 198 valence electrons. The smallest absolute Gasteiger partial charge is 0.415 e. The van der Waals surface area contributed by atoms with Crippen LogP contribution in [0, 0.1) is 21.4 Å². The van der Waals surface area contributed by atoms with Crippen LogP contribution in [-0.2, 0) is 23.7 Å². The molecule has 0 unspecified atom stereocenters. The van der Waals surface area contributed by atoms with Crippen molar-refractivity contribution in [3.05, 3.63) is 50.6 Å². The van der Waals surface area contributed by atoms with Crippen molar-refractivity contribution >= 4 is 17.7 Å². The number of nitrogens with two attached hydrogens (primary N) is 1. The van der Waals surface area contributed by atoms with E-state index >= 15 is 0 Å². The minimum Gasteiger partial charge on any atom is -0.490 e. The van der Waals surface area contributed by atoms with Gasteiger partial charge < -0.3 is 39.1 Å². The lowest BCUT2D eigenvalue weighted by Gasteiger charge is -2.28. The van der Waals surface area contributed by atoms with E-state index < -0.39 is 34.3 Å². The van der Waals surface area contributed by atoms with Gasteiger partial charge in [0.05, 0.1) is 43.3 Å². The maximum Gasteiger partial charge on any atom is 0.415 e. The van der Waals surface area contributed by atoms with Crippen LogP contribution in [0.3, 0.4) is 0 Å². The van der Waals surface area contributed by atoms with Crippen LogP contribution in [0.5, 0.6) is 11.5 Å². The zero-order chi connectivity index (χ0) is 27.1. The standard InChI is InChI=1S/C23H26N4O10/c1-4-35-16-10-13(9-15(27(30)31)20(16)37-23(29)26-5-7-34-8-6-26)18-14(11-24)21(25)36-17(12-32-2)19(18)22(28)33-3/h9-10,18H,4-8,12,25H2,1-3H3/t18-/m1/s1. The Bertz CT molecular complexity index is 1180. The van der Waals surface area contributed by atoms with Crippen LogP contribution in [0.15, 0.2) is 34.9 Å². The van der Waals surface area contributed by atoms with Gasteiger partial charge in [-0.3, -0.25) is 10.1 Å². The number of carbonyl (C=O) groups excluding carboxylic acids is 2. The van der Waals surface area contributed by atoms with Crippen molar-refractivity contribution in [2.45, 2.75) is 12.8 Å². The van der Waals surface area contributed by atoms with E-state index in [0.29, 0.717) is 13.2 Å². The Morgan fingerprint density at radius 3 is 2.57 bits per heavy atom. The van der Waals surface area contributed by atoms with Gasteiger partial charge in [-0.1, -0.05) is 0 Å². The molecule has 1 aromatic rings. The van der Waals surface area contributed by atoms with Crippen molar-refractivity contribution in [2.75, 3.05) is 53.7 Å². The molecule has 1 aromatic carbocycles. The second-order valence-corrected chi connectivity index (χ2v) is 7.71. The number of rotatable bonds is 8. The Hall–Kier alpha value is -4.35. The molecule has 2 aliphatic rings. The molecular formula is C23H26N4O10. The third-order valence-electron chi connectivity index (χ3n) is 5.52. The van der Waals surface area contributed by atoms with Crippen LogP contribution in [0.25, 0.3) is 0 Å². The number of nitro benzene ring substituents is 1. The summed E-state index contributed by atoms with van der Waals surface area (Å²) in [6, 6.07) is 4.32. The highest BCUT2D eigenvalue weighted by molar-refractivity contribution is 5.93. The molecule has 1 saturated heterocycles. The van der Waals surface area contributed by atoms with Crippen molar-refractivity contribution in [3.8, 4) is 17.6 Å². The van der Waals surface area contributed by atoms with E-state index in [0.717, 1.165) is 13.2 Å². The average molecular weight is 518 g/mol. The van der Waals surface area contributed by atoms with Gasteiger partial charge in [-0.2, -0.15) is 5.26 Å². The molecule has 14 heteroatoms. The fourth-order valence-electron chi connectivity index (χ4n) is 3.90. The average Bonchev–Trinajstić information content (AvgIpc) is 2.89. The van der Waals surface area contributed by atoms with Crippen molar-refractivity contribution < 1.29 is 42.9 Å². The Balaban J connectivity index is 2.20. The summed E-state index contributed by atoms with van der Waals surface area (Å²) in [6.45, 7) is 2.61. The van der Waals surface area contributed by atoms with Gasteiger partial charge >= 0.3 is 17.7 Å². The molecule has 0 spiro atoms. The van der Waals surface area contributed by atoms with Gasteiger partial charge in [-0.25, -0.2) is 9.59 Å². The van der Waals surface area contributed by atoms with E-state index in [1.807, 2.05) is 6.07 Å². The van der Waals surface area contributed by atoms with Crippen molar-refractivity contribution in [2.24, 2.45) is 5.73 Å². The molecule has 1 fully saturated rings. The van der Waals surface area contributed by atoms with Gasteiger partial charge in [0.2, 0.25) is 5.88 Å². The van der Waals surface area contributed by atoms with E-state index in [4.69, 9.17) is 34.2 Å². The number of amides is 1. The molecule has 14 nitrogen and oxygen atoms in total. The zero-order valence-corrected chi connectivity index (χ0v) is 20.5. The first-order valence-corrected chi connectivity index (χ1v) is 11.1. The third kappa shape index (κ3) is 5.74. The monoisotopic (exact) mass is 518 g/mol. The van der Waals surface area contributed by atoms with Gasteiger partial charge in [0, 0.05) is 26.3 Å². The molecule has 0 aromatic heterocycles. The lowest BCUT2D eigenvalue weighted by molar-refractivity contribution is -0.385. The van der Waals surface area contributed by atoms with E-state index in [1.54, 1.807) is 6.92 Å². The summed E-state index contributed by atoms with van der Waals surface area (Å²) < 4.78 is 31.7. The third-order valence-corrected chi connectivity index (χ3v) is 5.52. The number of carbonyl (C=O) groups is 2. The molecule has 1 atom stereocenters. The summed E-state index contributed by atoms with van der Waals surface area (Å²) >= 11 is 0. The first-order valence-electron chi connectivity index (χ1n) is 11.1.